The highest BCUT2D eigenvalue weighted by molar-refractivity contribution is 5.08. The minimum absolute atomic E-state index is 0.145. The van der Waals surface area contributed by atoms with Crippen LogP contribution in [0.1, 0.15) is 19.4 Å². The van der Waals surface area contributed by atoms with Gasteiger partial charge in [0.2, 0.25) is 0 Å². The van der Waals surface area contributed by atoms with E-state index in [-0.39, 0.29) is 12.1 Å². The number of rotatable bonds is 5. The van der Waals surface area contributed by atoms with Crippen LogP contribution in [0.3, 0.4) is 0 Å². The molecule has 0 saturated carbocycles. The SMILES string of the molecule is CC(O)C(C)NCCc1cccnc1. The molecule has 0 aliphatic heterocycles. The van der Waals surface area contributed by atoms with Crippen molar-refractivity contribution in [3.8, 4) is 0 Å². The van der Waals surface area contributed by atoms with Gasteiger partial charge < -0.3 is 10.4 Å². The van der Waals surface area contributed by atoms with Crippen molar-refractivity contribution in [2.24, 2.45) is 0 Å². The molecule has 0 aromatic carbocycles. The number of aliphatic hydroxyl groups excluding tert-OH is 1. The van der Waals surface area contributed by atoms with Crippen LogP contribution in [0.15, 0.2) is 24.5 Å². The first-order chi connectivity index (χ1) is 6.70. The van der Waals surface area contributed by atoms with E-state index in [4.69, 9.17) is 0 Å². The van der Waals surface area contributed by atoms with Gasteiger partial charge in [-0.15, -0.1) is 0 Å². The van der Waals surface area contributed by atoms with Crippen molar-refractivity contribution in [3.05, 3.63) is 30.1 Å². The molecule has 2 atom stereocenters. The van der Waals surface area contributed by atoms with Crippen LogP contribution >= 0.6 is 0 Å². The maximum Gasteiger partial charge on any atom is 0.0662 e. The van der Waals surface area contributed by atoms with Crippen LogP contribution in [-0.2, 0) is 6.42 Å². The molecule has 1 aromatic heterocycles. The lowest BCUT2D eigenvalue weighted by Crippen LogP contribution is -2.36. The van der Waals surface area contributed by atoms with E-state index < -0.39 is 0 Å². The zero-order chi connectivity index (χ0) is 10.4. The second-order valence-electron chi connectivity index (χ2n) is 3.59. The predicted molar refractivity (Wildman–Crippen MR) is 57.1 cm³/mol. The minimum Gasteiger partial charge on any atom is -0.392 e. The van der Waals surface area contributed by atoms with E-state index in [2.05, 4.69) is 16.4 Å². The van der Waals surface area contributed by atoms with Gasteiger partial charge in [-0.25, -0.2) is 0 Å². The average molecular weight is 194 g/mol. The summed E-state index contributed by atoms with van der Waals surface area (Å²) in [6.07, 6.45) is 4.29. The second kappa shape index (κ2) is 5.73. The van der Waals surface area contributed by atoms with Crippen LogP contribution in [0, 0.1) is 0 Å². The maximum absolute atomic E-state index is 9.24. The molecule has 0 saturated heterocycles. The number of hydrogen-bond donors (Lipinski definition) is 2. The number of nitrogens with one attached hydrogen (secondary N) is 1. The van der Waals surface area contributed by atoms with Crippen molar-refractivity contribution in [1.82, 2.24) is 10.3 Å². The first kappa shape index (κ1) is 11.1. The van der Waals surface area contributed by atoms with E-state index in [9.17, 15) is 5.11 Å². The Morgan fingerprint density at radius 3 is 2.86 bits per heavy atom. The van der Waals surface area contributed by atoms with Crippen molar-refractivity contribution in [2.75, 3.05) is 6.54 Å². The van der Waals surface area contributed by atoms with Gasteiger partial charge in [0, 0.05) is 18.4 Å². The fourth-order valence-corrected chi connectivity index (χ4v) is 1.16. The van der Waals surface area contributed by atoms with Gasteiger partial charge in [0.25, 0.3) is 0 Å². The highest BCUT2D eigenvalue weighted by Crippen LogP contribution is 1.97. The normalized spacial score (nSPS) is 15.1. The van der Waals surface area contributed by atoms with Gasteiger partial charge in [-0.1, -0.05) is 6.07 Å². The number of aromatic nitrogens is 1. The molecule has 0 aliphatic carbocycles. The lowest BCUT2D eigenvalue weighted by Gasteiger charge is -2.16. The van der Waals surface area contributed by atoms with Crippen LogP contribution in [0.4, 0.5) is 0 Å². The lowest BCUT2D eigenvalue weighted by molar-refractivity contribution is 0.153. The van der Waals surface area contributed by atoms with Gasteiger partial charge >= 0.3 is 0 Å². The molecule has 1 aromatic rings. The van der Waals surface area contributed by atoms with Gasteiger partial charge in [-0.05, 0) is 38.4 Å². The second-order valence-corrected chi connectivity index (χ2v) is 3.59. The highest BCUT2D eigenvalue weighted by atomic mass is 16.3. The molecule has 14 heavy (non-hydrogen) atoms. The maximum atomic E-state index is 9.24. The topological polar surface area (TPSA) is 45.1 Å². The molecule has 2 N–H and O–H groups in total. The van der Waals surface area contributed by atoms with Crippen LogP contribution in [0.25, 0.3) is 0 Å². The zero-order valence-electron chi connectivity index (χ0n) is 8.77. The van der Waals surface area contributed by atoms with Crippen LogP contribution < -0.4 is 5.32 Å². The standard InChI is InChI=1S/C11H18N2O/c1-9(10(2)14)13-7-5-11-4-3-6-12-8-11/h3-4,6,8-10,13-14H,5,7H2,1-2H3. The average Bonchev–Trinajstić information content (AvgIpc) is 2.19. The van der Waals surface area contributed by atoms with Crippen molar-refractivity contribution in [2.45, 2.75) is 32.4 Å². The summed E-state index contributed by atoms with van der Waals surface area (Å²) >= 11 is 0. The Bertz CT molecular complexity index is 249. The van der Waals surface area contributed by atoms with Crippen molar-refractivity contribution in [3.63, 3.8) is 0 Å². The Morgan fingerprint density at radius 1 is 1.50 bits per heavy atom. The lowest BCUT2D eigenvalue weighted by atomic mass is 10.2. The van der Waals surface area contributed by atoms with Gasteiger partial charge in [-0.2, -0.15) is 0 Å². The summed E-state index contributed by atoms with van der Waals surface area (Å²) in [4.78, 5) is 4.04. The Labute approximate surface area is 85.2 Å². The molecule has 3 nitrogen and oxygen atoms in total. The molecule has 1 rings (SSSR count). The van der Waals surface area contributed by atoms with E-state index >= 15 is 0 Å². The number of aliphatic hydroxyl groups is 1. The fourth-order valence-electron chi connectivity index (χ4n) is 1.16. The van der Waals surface area contributed by atoms with Gasteiger partial charge in [0.05, 0.1) is 6.10 Å². The van der Waals surface area contributed by atoms with E-state index in [0.29, 0.717) is 0 Å². The Kier molecular flexibility index (Phi) is 4.56. The van der Waals surface area contributed by atoms with E-state index in [1.54, 1.807) is 13.1 Å². The quantitative estimate of drug-likeness (QED) is 0.734. The monoisotopic (exact) mass is 194 g/mol. The molecule has 0 fully saturated rings. The molecule has 0 radical (unpaired) electrons. The highest BCUT2D eigenvalue weighted by Gasteiger charge is 2.06. The molecule has 1 heterocycles. The third-order valence-corrected chi connectivity index (χ3v) is 2.33. The molecule has 0 spiro atoms. The first-order valence-electron chi connectivity index (χ1n) is 5.00. The van der Waals surface area contributed by atoms with Gasteiger partial charge in [0.15, 0.2) is 0 Å². The molecule has 3 heteroatoms. The molecule has 0 amide bonds. The van der Waals surface area contributed by atoms with Crippen molar-refractivity contribution in [1.29, 1.82) is 0 Å². The molecule has 0 bridgehead atoms. The molecule has 0 aliphatic rings. The largest absolute Gasteiger partial charge is 0.392 e. The molecule has 2 unspecified atom stereocenters. The van der Waals surface area contributed by atoms with Crippen LogP contribution in [0.5, 0.6) is 0 Å². The number of nitrogens with zero attached hydrogens (tertiary/aromatic N) is 1. The van der Waals surface area contributed by atoms with Crippen LogP contribution in [0.2, 0.25) is 0 Å². The predicted octanol–water partition coefficient (Wildman–Crippen LogP) is 0.983. The summed E-state index contributed by atoms with van der Waals surface area (Å²) in [6.45, 7) is 4.65. The summed E-state index contributed by atoms with van der Waals surface area (Å²) in [5.41, 5.74) is 1.22. The van der Waals surface area contributed by atoms with E-state index in [0.717, 1.165) is 13.0 Å². The third kappa shape index (κ3) is 3.85. The number of hydrogen-bond acceptors (Lipinski definition) is 3. The zero-order valence-corrected chi connectivity index (χ0v) is 8.77. The van der Waals surface area contributed by atoms with Crippen LogP contribution in [-0.4, -0.2) is 28.8 Å². The molecular formula is C11H18N2O. The Hall–Kier alpha value is -0.930. The smallest absolute Gasteiger partial charge is 0.0662 e. The van der Waals surface area contributed by atoms with Crippen molar-refractivity contribution >= 4 is 0 Å². The summed E-state index contributed by atoms with van der Waals surface area (Å²) in [7, 11) is 0. The minimum atomic E-state index is -0.302. The number of pyridine rings is 1. The summed E-state index contributed by atoms with van der Waals surface area (Å²) < 4.78 is 0. The van der Waals surface area contributed by atoms with Gasteiger partial charge in [-0.3, -0.25) is 4.98 Å². The third-order valence-electron chi connectivity index (χ3n) is 2.33. The summed E-state index contributed by atoms with van der Waals surface area (Å²) in [6, 6.07) is 4.14. The van der Waals surface area contributed by atoms with E-state index in [1.807, 2.05) is 19.2 Å². The summed E-state index contributed by atoms with van der Waals surface area (Å²) in [5.74, 6) is 0. The summed E-state index contributed by atoms with van der Waals surface area (Å²) in [5, 5.41) is 12.5. The van der Waals surface area contributed by atoms with Gasteiger partial charge in [0.1, 0.15) is 0 Å². The fraction of sp³-hybridized carbons (Fsp3) is 0.545. The molecular weight excluding hydrogens is 176 g/mol. The first-order valence-corrected chi connectivity index (χ1v) is 5.00. The van der Waals surface area contributed by atoms with E-state index in [1.165, 1.54) is 5.56 Å². The Balaban J connectivity index is 2.22. The molecule has 78 valence electrons. The Morgan fingerprint density at radius 2 is 2.29 bits per heavy atom. The van der Waals surface area contributed by atoms with Crippen molar-refractivity contribution < 1.29 is 5.11 Å².